The van der Waals surface area contributed by atoms with Crippen molar-refractivity contribution in [2.45, 2.75) is 37.7 Å². The lowest BCUT2D eigenvalue weighted by Gasteiger charge is -2.18. The first kappa shape index (κ1) is 15.6. The van der Waals surface area contributed by atoms with Crippen molar-refractivity contribution in [3.05, 3.63) is 0 Å². The first-order valence-electron chi connectivity index (χ1n) is 4.85. The van der Waals surface area contributed by atoms with Crippen LogP contribution >= 0.6 is 0 Å². The Morgan fingerprint density at radius 2 is 1.81 bits per heavy atom. The van der Waals surface area contributed by atoms with Crippen molar-refractivity contribution in [1.29, 1.82) is 0 Å². The van der Waals surface area contributed by atoms with Gasteiger partial charge in [-0.05, 0) is 27.7 Å². The molecule has 0 radical (unpaired) electrons. The van der Waals surface area contributed by atoms with Crippen LogP contribution in [0.1, 0.15) is 27.7 Å². The van der Waals surface area contributed by atoms with Gasteiger partial charge in [0.05, 0.1) is 11.0 Å². The molecule has 5 nitrogen and oxygen atoms in total. The first-order valence-corrected chi connectivity index (χ1v) is 7.88. The van der Waals surface area contributed by atoms with E-state index in [1.807, 2.05) is 0 Å². The van der Waals surface area contributed by atoms with E-state index in [0.29, 0.717) is 0 Å². The molecule has 0 bridgehead atoms. The molecule has 0 aromatic rings. The van der Waals surface area contributed by atoms with Gasteiger partial charge >= 0.3 is 5.97 Å². The summed E-state index contributed by atoms with van der Waals surface area (Å²) in [6.07, 6.45) is 0. The van der Waals surface area contributed by atoms with Crippen LogP contribution in [-0.2, 0) is 25.4 Å². The number of carboxylic acids is 1. The summed E-state index contributed by atoms with van der Waals surface area (Å²) < 4.78 is 33.1. The minimum Gasteiger partial charge on any atom is -0.480 e. The first-order chi connectivity index (χ1) is 7.01. The van der Waals surface area contributed by atoms with Gasteiger partial charge in [0.1, 0.15) is 4.75 Å². The fourth-order valence-electron chi connectivity index (χ4n) is 0.780. The highest BCUT2D eigenvalue weighted by atomic mass is 32.2. The summed E-state index contributed by atoms with van der Waals surface area (Å²) in [5.41, 5.74) is 0. The number of sulfone groups is 1. The van der Waals surface area contributed by atoms with E-state index in [1.54, 1.807) is 13.8 Å². The van der Waals surface area contributed by atoms with Gasteiger partial charge in [-0.2, -0.15) is 0 Å². The van der Waals surface area contributed by atoms with E-state index in [4.69, 9.17) is 5.11 Å². The third-order valence-electron chi connectivity index (χ3n) is 2.36. The molecule has 1 N–H and O–H groups in total. The van der Waals surface area contributed by atoms with Crippen LogP contribution in [-0.4, -0.2) is 45.2 Å². The molecule has 0 spiro atoms. The van der Waals surface area contributed by atoms with Crippen molar-refractivity contribution in [3.8, 4) is 0 Å². The molecule has 1 unspecified atom stereocenters. The molecule has 0 aliphatic carbocycles. The largest absolute Gasteiger partial charge is 0.480 e. The van der Waals surface area contributed by atoms with Gasteiger partial charge in [-0.25, -0.2) is 8.42 Å². The highest BCUT2D eigenvalue weighted by molar-refractivity contribution is 7.94. The molecule has 0 aromatic heterocycles. The van der Waals surface area contributed by atoms with Crippen LogP contribution in [0.5, 0.6) is 0 Å². The maximum absolute atomic E-state index is 11.6. The Labute approximate surface area is 98.6 Å². The van der Waals surface area contributed by atoms with Crippen LogP contribution < -0.4 is 0 Å². The van der Waals surface area contributed by atoms with E-state index in [9.17, 15) is 17.4 Å². The third-order valence-corrected chi connectivity index (χ3v) is 6.71. The zero-order valence-electron chi connectivity index (χ0n) is 9.89. The lowest BCUT2D eigenvalue weighted by molar-refractivity contribution is -0.139. The zero-order valence-corrected chi connectivity index (χ0v) is 11.5. The normalized spacial score (nSPS) is 15.1. The number of carbonyl (C=O) groups is 1. The van der Waals surface area contributed by atoms with E-state index < -0.39 is 36.6 Å². The molecule has 0 fully saturated rings. The molecule has 0 rings (SSSR count). The fourth-order valence-corrected chi connectivity index (χ4v) is 3.49. The molecule has 0 aliphatic heterocycles. The highest BCUT2D eigenvalue weighted by Gasteiger charge is 2.35. The molecule has 0 heterocycles. The number of rotatable bonds is 6. The Morgan fingerprint density at radius 1 is 1.38 bits per heavy atom. The Balaban J connectivity index is 4.58. The number of aliphatic carboxylic acids is 1. The Morgan fingerprint density at radius 3 is 2.12 bits per heavy atom. The van der Waals surface area contributed by atoms with Crippen LogP contribution in [0.2, 0.25) is 0 Å². The molecule has 1 atom stereocenters. The second-order valence-electron chi connectivity index (χ2n) is 4.28. The number of carboxylic acid groups (broad SMARTS) is 1. The summed E-state index contributed by atoms with van der Waals surface area (Å²) in [6.45, 7) is 5.74. The average Bonchev–Trinajstić information content (AvgIpc) is 2.13. The van der Waals surface area contributed by atoms with Crippen LogP contribution in [0, 0.1) is 0 Å². The molecule has 0 amide bonds. The average molecular weight is 270 g/mol. The minimum atomic E-state index is -3.27. The van der Waals surface area contributed by atoms with Gasteiger partial charge in [0.15, 0.2) is 9.84 Å². The van der Waals surface area contributed by atoms with Crippen molar-refractivity contribution < 1.29 is 22.5 Å². The maximum atomic E-state index is 11.6. The van der Waals surface area contributed by atoms with Crippen molar-refractivity contribution in [2.24, 2.45) is 0 Å². The predicted molar refractivity (Wildman–Crippen MR) is 63.6 cm³/mol. The maximum Gasteiger partial charge on any atom is 0.321 e. The summed E-state index contributed by atoms with van der Waals surface area (Å²) in [6, 6.07) is 0. The monoisotopic (exact) mass is 270 g/mol. The summed E-state index contributed by atoms with van der Waals surface area (Å²) in [7, 11) is -4.97. The molecule has 96 valence electrons. The van der Waals surface area contributed by atoms with E-state index in [1.165, 1.54) is 13.8 Å². The molecular formula is C9H18O5S2. The molecular weight excluding hydrogens is 252 g/mol. The Hall–Kier alpha value is -0.430. The molecule has 0 saturated heterocycles. The van der Waals surface area contributed by atoms with Crippen LogP contribution in [0.3, 0.4) is 0 Å². The van der Waals surface area contributed by atoms with Gasteiger partial charge in [-0.15, -0.1) is 0 Å². The predicted octanol–water partition coefficient (Wildman–Crippen LogP) is 0.421. The van der Waals surface area contributed by atoms with Crippen LogP contribution in [0.25, 0.3) is 0 Å². The molecule has 0 aliphatic rings. The highest BCUT2D eigenvalue weighted by Crippen LogP contribution is 2.14. The van der Waals surface area contributed by atoms with E-state index in [2.05, 4.69) is 0 Å². The molecule has 7 heteroatoms. The summed E-state index contributed by atoms with van der Waals surface area (Å²) in [4.78, 5) is 10.8. The van der Waals surface area contributed by atoms with Crippen LogP contribution in [0.4, 0.5) is 0 Å². The standard InChI is InChI=1S/C9H18O5S2/c1-7(2)16(13,14)6-5-15(12)9(3,4)8(10)11/h7H,5-6H2,1-4H3,(H,10,11). The van der Waals surface area contributed by atoms with Gasteiger partial charge < -0.3 is 5.11 Å². The summed E-state index contributed by atoms with van der Waals surface area (Å²) in [5.74, 6) is -1.57. The smallest absolute Gasteiger partial charge is 0.321 e. The van der Waals surface area contributed by atoms with E-state index in [0.717, 1.165) is 0 Å². The number of hydrogen-bond donors (Lipinski definition) is 1. The van der Waals surface area contributed by atoms with Gasteiger partial charge in [0.2, 0.25) is 0 Å². The molecule has 0 saturated carbocycles. The lowest BCUT2D eigenvalue weighted by Crippen LogP contribution is -2.39. The van der Waals surface area contributed by atoms with Crippen molar-refractivity contribution in [2.75, 3.05) is 11.5 Å². The van der Waals surface area contributed by atoms with Gasteiger partial charge in [-0.1, -0.05) is 0 Å². The van der Waals surface area contributed by atoms with Gasteiger partial charge in [-0.3, -0.25) is 9.00 Å². The second-order valence-corrected chi connectivity index (χ2v) is 9.08. The summed E-state index contributed by atoms with van der Waals surface area (Å²) >= 11 is 0. The van der Waals surface area contributed by atoms with Crippen molar-refractivity contribution >= 4 is 26.6 Å². The van der Waals surface area contributed by atoms with Gasteiger partial charge in [0.25, 0.3) is 0 Å². The van der Waals surface area contributed by atoms with Crippen molar-refractivity contribution in [1.82, 2.24) is 0 Å². The Kier molecular flexibility index (Phi) is 5.13. The van der Waals surface area contributed by atoms with E-state index in [-0.39, 0.29) is 11.5 Å². The molecule has 16 heavy (non-hydrogen) atoms. The zero-order chi connectivity index (χ0) is 13.1. The topological polar surface area (TPSA) is 88.5 Å². The van der Waals surface area contributed by atoms with Gasteiger partial charge in [0, 0.05) is 16.6 Å². The Bertz CT molecular complexity index is 381. The molecule has 0 aromatic carbocycles. The minimum absolute atomic E-state index is 0.139. The quantitative estimate of drug-likeness (QED) is 0.755. The van der Waals surface area contributed by atoms with Crippen LogP contribution in [0.15, 0.2) is 0 Å². The summed E-state index contributed by atoms with van der Waals surface area (Å²) in [5, 5.41) is 8.28. The second kappa shape index (κ2) is 5.27. The van der Waals surface area contributed by atoms with Crippen molar-refractivity contribution in [3.63, 3.8) is 0 Å². The number of hydrogen-bond acceptors (Lipinski definition) is 4. The van der Waals surface area contributed by atoms with E-state index >= 15 is 0 Å². The fraction of sp³-hybridized carbons (Fsp3) is 0.889. The SMILES string of the molecule is CC(C)S(=O)(=O)CCS(=O)C(C)(C)C(=O)O. The lowest BCUT2D eigenvalue weighted by atomic mass is 10.2. The third kappa shape index (κ3) is 3.86.